The van der Waals surface area contributed by atoms with Gasteiger partial charge in [-0.05, 0) is 37.4 Å². The van der Waals surface area contributed by atoms with Crippen LogP contribution in [0.5, 0.6) is 0 Å². The van der Waals surface area contributed by atoms with Crippen molar-refractivity contribution in [1.29, 1.82) is 0 Å². The van der Waals surface area contributed by atoms with Crippen LogP contribution in [-0.2, 0) is 4.74 Å². The molecule has 0 aromatic carbocycles. The molecule has 3 rings (SSSR count). The highest BCUT2D eigenvalue weighted by Gasteiger charge is 2.44. The average Bonchev–Trinajstić information content (AvgIpc) is 2.91. The summed E-state index contributed by atoms with van der Waals surface area (Å²) < 4.78 is 6.23. The zero-order valence-corrected chi connectivity index (χ0v) is 8.74. The van der Waals surface area contributed by atoms with Gasteiger partial charge in [-0.25, -0.2) is 0 Å². The maximum atomic E-state index is 6.23. The van der Waals surface area contributed by atoms with Crippen molar-refractivity contribution < 1.29 is 4.74 Å². The van der Waals surface area contributed by atoms with Crippen molar-refractivity contribution in [2.45, 2.75) is 37.5 Å². The third kappa shape index (κ3) is 1.62. The summed E-state index contributed by atoms with van der Waals surface area (Å²) in [6.07, 6.45) is 5.85. The Kier molecular flexibility index (Phi) is 2.07. The zero-order valence-electron chi connectivity index (χ0n) is 7.92. The molecule has 3 heteroatoms. The standard InChI is InChI=1S/C10H17NOS/c1-2-8(1)9-3-5-11-10(12-9)4-6-13-7-10/h8-9,11H,1-7H2. The fraction of sp³-hybridized carbons (Fsp3) is 1.00. The van der Waals surface area contributed by atoms with E-state index in [0.717, 1.165) is 11.7 Å². The Balaban J connectivity index is 1.68. The van der Waals surface area contributed by atoms with Crippen LogP contribution in [-0.4, -0.2) is 29.9 Å². The van der Waals surface area contributed by atoms with E-state index >= 15 is 0 Å². The summed E-state index contributed by atoms with van der Waals surface area (Å²) in [5, 5.41) is 3.56. The van der Waals surface area contributed by atoms with Crippen LogP contribution in [0, 0.1) is 5.92 Å². The van der Waals surface area contributed by atoms with Crippen molar-refractivity contribution in [3.8, 4) is 0 Å². The van der Waals surface area contributed by atoms with Gasteiger partial charge in [-0.2, -0.15) is 11.8 Å². The summed E-state index contributed by atoms with van der Waals surface area (Å²) in [4.78, 5) is 0. The molecule has 13 heavy (non-hydrogen) atoms. The van der Waals surface area contributed by atoms with E-state index in [1.54, 1.807) is 0 Å². The lowest BCUT2D eigenvalue weighted by molar-refractivity contribution is -0.133. The molecule has 0 amide bonds. The fourth-order valence-corrected chi connectivity index (χ4v) is 3.67. The highest BCUT2D eigenvalue weighted by molar-refractivity contribution is 7.99. The molecule has 2 aliphatic heterocycles. The zero-order chi connectivity index (χ0) is 8.73. The highest BCUT2D eigenvalue weighted by atomic mass is 32.2. The molecule has 1 spiro atoms. The van der Waals surface area contributed by atoms with Gasteiger partial charge in [0.15, 0.2) is 0 Å². The lowest BCUT2D eigenvalue weighted by atomic mass is 10.1. The smallest absolute Gasteiger partial charge is 0.129 e. The lowest BCUT2D eigenvalue weighted by Crippen LogP contribution is -2.55. The minimum Gasteiger partial charge on any atom is -0.356 e. The van der Waals surface area contributed by atoms with E-state index in [4.69, 9.17) is 4.74 Å². The third-order valence-electron chi connectivity index (χ3n) is 3.39. The maximum absolute atomic E-state index is 6.23. The summed E-state index contributed by atoms with van der Waals surface area (Å²) in [6.45, 7) is 1.17. The number of rotatable bonds is 1. The molecule has 0 radical (unpaired) electrons. The van der Waals surface area contributed by atoms with Gasteiger partial charge in [-0.15, -0.1) is 0 Å². The van der Waals surface area contributed by atoms with E-state index < -0.39 is 0 Å². The van der Waals surface area contributed by atoms with Crippen LogP contribution in [0.15, 0.2) is 0 Å². The molecule has 1 N–H and O–H groups in total. The first-order valence-corrected chi connectivity index (χ1v) is 6.54. The van der Waals surface area contributed by atoms with Crippen molar-refractivity contribution in [3.05, 3.63) is 0 Å². The van der Waals surface area contributed by atoms with Crippen LogP contribution in [0.1, 0.15) is 25.7 Å². The van der Waals surface area contributed by atoms with Gasteiger partial charge in [-0.1, -0.05) is 0 Å². The first-order chi connectivity index (χ1) is 6.38. The summed E-state index contributed by atoms with van der Waals surface area (Å²) in [5.41, 5.74) is 0.0795. The summed E-state index contributed by atoms with van der Waals surface area (Å²) in [6, 6.07) is 0. The number of hydrogen-bond acceptors (Lipinski definition) is 3. The SMILES string of the molecule is C1CC(C2CC2)OC2(CCSC2)N1. The second-order valence-corrected chi connectivity index (χ2v) is 5.61. The molecular formula is C10H17NOS. The van der Waals surface area contributed by atoms with Gasteiger partial charge >= 0.3 is 0 Å². The molecule has 1 saturated carbocycles. The van der Waals surface area contributed by atoms with Crippen molar-refractivity contribution in [2.75, 3.05) is 18.1 Å². The molecule has 0 bridgehead atoms. The number of hydrogen-bond donors (Lipinski definition) is 1. The predicted octanol–water partition coefficient (Wildman–Crippen LogP) is 1.61. The minimum atomic E-state index is 0.0795. The first-order valence-electron chi connectivity index (χ1n) is 5.39. The van der Waals surface area contributed by atoms with E-state index in [0.29, 0.717) is 6.10 Å². The normalized spacial score (nSPS) is 45.7. The Hall–Kier alpha value is 0.270. The van der Waals surface area contributed by atoms with Crippen LogP contribution in [0.4, 0.5) is 0 Å². The molecule has 74 valence electrons. The van der Waals surface area contributed by atoms with Crippen LogP contribution in [0.25, 0.3) is 0 Å². The van der Waals surface area contributed by atoms with Crippen molar-refractivity contribution >= 4 is 11.8 Å². The Bertz CT molecular complexity index is 199. The summed E-state index contributed by atoms with van der Waals surface area (Å²) in [5.74, 6) is 3.34. The van der Waals surface area contributed by atoms with Crippen molar-refractivity contribution in [1.82, 2.24) is 5.32 Å². The molecule has 2 unspecified atom stereocenters. The van der Waals surface area contributed by atoms with Gasteiger partial charge in [0, 0.05) is 12.3 Å². The number of thioether (sulfide) groups is 1. The predicted molar refractivity (Wildman–Crippen MR) is 54.9 cm³/mol. The van der Waals surface area contributed by atoms with E-state index in [9.17, 15) is 0 Å². The Labute approximate surface area is 83.8 Å². The highest BCUT2D eigenvalue weighted by Crippen LogP contribution is 2.41. The maximum Gasteiger partial charge on any atom is 0.129 e. The molecular weight excluding hydrogens is 182 g/mol. The molecule has 0 aromatic heterocycles. The van der Waals surface area contributed by atoms with Crippen molar-refractivity contribution in [3.63, 3.8) is 0 Å². The molecule has 2 saturated heterocycles. The number of ether oxygens (including phenoxy) is 1. The Morgan fingerprint density at radius 1 is 1.31 bits per heavy atom. The Morgan fingerprint density at radius 2 is 2.23 bits per heavy atom. The van der Waals surface area contributed by atoms with Gasteiger partial charge in [0.2, 0.25) is 0 Å². The minimum absolute atomic E-state index is 0.0795. The first kappa shape index (κ1) is 8.57. The van der Waals surface area contributed by atoms with Gasteiger partial charge in [0.25, 0.3) is 0 Å². The van der Waals surface area contributed by atoms with Crippen LogP contribution >= 0.6 is 11.8 Å². The molecule has 0 aromatic rings. The molecule has 2 nitrogen and oxygen atoms in total. The number of nitrogens with one attached hydrogen (secondary N) is 1. The second-order valence-electron chi connectivity index (χ2n) is 4.51. The topological polar surface area (TPSA) is 21.3 Å². The van der Waals surface area contributed by atoms with E-state index in [1.165, 1.54) is 38.0 Å². The Morgan fingerprint density at radius 3 is 2.92 bits per heavy atom. The average molecular weight is 199 g/mol. The van der Waals surface area contributed by atoms with Gasteiger partial charge in [-0.3, -0.25) is 5.32 Å². The van der Waals surface area contributed by atoms with Crippen LogP contribution in [0.2, 0.25) is 0 Å². The molecule has 1 aliphatic carbocycles. The van der Waals surface area contributed by atoms with Crippen LogP contribution in [0.3, 0.4) is 0 Å². The summed E-state index contributed by atoms with van der Waals surface area (Å²) >= 11 is 2.03. The quantitative estimate of drug-likeness (QED) is 0.693. The summed E-state index contributed by atoms with van der Waals surface area (Å²) in [7, 11) is 0. The van der Waals surface area contributed by atoms with E-state index in [2.05, 4.69) is 5.32 Å². The second kappa shape index (κ2) is 3.14. The van der Waals surface area contributed by atoms with Crippen molar-refractivity contribution in [2.24, 2.45) is 5.92 Å². The third-order valence-corrected chi connectivity index (χ3v) is 4.55. The molecule has 3 aliphatic rings. The van der Waals surface area contributed by atoms with Gasteiger partial charge in [0.1, 0.15) is 5.72 Å². The lowest BCUT2D eigenvalue weighted by Gasteiger charge is -2.39. The van der Waals surface area contributed by atoms with Gasteiger partial charge in [0.05, 0.1) is 6.10 Å². The molecule has 3 fully saturated rings. The monoisotopic (exact) mass is 199 g/mol. The molecule has 2 heterocycles. The fourth-order valence-electron chi connectivity index (χ4n) is 2.41. The largest absolute Gasteiger partial charge is 0.356 e. The van der Waals surface area contributed by atoms with Crippen LogP contribution < -0.4 is 5.32 Å². The molecule has 2 atom stereocenters. The van der Waals surface area contributed by atoms with E-state index in [-0.39, 0.29) is 5.72 Å². The van der Waals surface area contributed by atoms with Gasteiger partial charge < -0.3 is 4.74 Å². The van der Waals surface area contributed by atoms with E-state index in [1.807, 2.05) is 11.8 Å².